The van der Waals surface area contributed by atoms with Crippen LogP contribution in [0.1, 0.15) is 35.8 Å². The molecular formula is C23H26N2O2S. The number of nitrogens with zero attached hydrogens (tertiary/aromatic N) is 1. The van der Waals surface area contributed by atoms with Gasteiger partial charge in [0, 0.05) is 16.9 Å². The van der Waals surface area contributed by atoms with Crippen LogP contribution in [0.2, 0.25) is 0 Å². The van der Waals surface area contributed by atoms with Crippen molar-refractivity contribution in [1.29, 1.82) is 0 Å². The minimum Gasteiger partial charge on any atom is -0.494 e. The van der Waals surface area contributed by atoms with Crippen molar-refractivity contribution in [1.82, 2.24) is 4.98 Å². The first-order chi connectivity index (χ1) is 13.5. The number of amides is 1. The summed E-state index contributed by atoms with van der Waals surface area (Å²) in [6, 6.07) is 16.4. The molecule has 0 saturated heterocycles. The normalized spacial score (nSPS) is 10.7. The van der Waals surface area contributed by atoms with Crippen molar-refractivity contribution in [3.8, 4) is 17.0 Å². The van der Waals surface area contributed by atoms with Crippen molar-refractivity contribution in [3.05, 3.63) is 64.5 Å². The summed E-state index contributed by atoms with van der Waals surface area (Å²) in [5.41, 5.74) is 4.51. The van der Waals surface area contributed by atoms with Gasteiger partial charge in [0.25, 0.3) is 0 Å². The van der Waals surface area contributed by atoms with Gasteiger partial charge in [0.05, 0.1) is 12.3 Å². The number of hydrogen-bond acceptors (Lipinski definition) is 4. The van der Waals surface area contributed by atoms with E-state index in [0.717, 1.165) is 28.3 Å². The van der Waals surface area contributed by atoms with Crippen molar-refractivity contribution in [2.24, 2.45) is 0 Å². The van der Waals surface area contributed by atoms with Gasteiger partial charge in [-0.25, -0.2) is 4.98 Å². The zero-order valence-corrected chi connectivity index (χ0v) is 17.4. The summed E-state index contributed by atoms with van der Waals surface area (Å²) in [6.45, 7) is 6.74. The van der Waals surface area contributed by atoms with Crippen LogP contribution >= 0.6 is 11.3 Å². The van der Waals surface area contributed by atoms with Crippen molar-refractivity contribution in [2.75, 3.05) is 11.9 Å². The van der Waals surface area contributed by atoms with Crippen molar-refractivity contribution < 1.29 is 9.53 Å². The van der Waals surface area contributed by atoms with E-state index in [1.54, 1.807) is 0 Å². The minimum absolute atomic E-state index is 0.0332. The van der Waals surface area contributed by atoms with E-state index in [2.05, 4.69) is 60.5 Å². The fourth-order valence-electron chi connectivity index (χ4n) is 2.86. The number of anilines is 1. The average molecular weight is 395 g/mol. The monoisotopic (exact) mass is 394 g/mol. The molecule has 0 bridgehead atoms. The lowest BCUT2D eigenvalue weighted by molar-refractivity contribution is -0.116. The topological polar surface area (TPSA) is 51.2 Å². The number of aryl methyl sites for hydroxylation is 3. The van der Waals surface area contributed by atoms with Crippen molar-refractivity contribution >= 4 is 22.4 Å². The molecule has 0 aliphatic rings. The van der Waals surface area contributed by atoms with E-state index < -0.39 is 0 Å². The molecule has 4 nitrogen and oxygen atoms in total. The van der Waals surface area contributed by atoms with Crippen LogP contribution in [0, 0.1) is 13.8 Å². The lowest BCUT2D eigenvalue weighted by atomic mass is 10.1. The molecule has 1 heterocycles. The molecule has 1 N–H and O–H groups in total. The fraction of sp³-hybridized carbons (Fsp3) is 0.304. The number of aromatic nitrogens is 1. The van der Waals surface area contributed by atoms with Gasteiger partial charge in [-0.2, -0.15) is 0 Å². The minimum atomic E-state index is -0.0332. The maximum Gasteiger partial charge on any atom is 0.226 e. The second-order valence-electron chi connectivity index (χ2n) is 6.79. The van der Waals surface area contributed by atoms with E-state index in [-0.39, 0.29) is 5.91 Å². The highest BCUT2D eigenvalue weighted by Gasteiger charge is 2.12. The summed E-state index contributed by atoms with van der Waals surface area (Å²) in [5, 5.41) is 3.56. The molecule has 3 rings (SSSR count). The van der Waals surface area contributed by atoms with Crippen molar-refractivity contribution in [2.45, 2.75) is 40.0 Å². The van der Waals surface area contributed by atoms with Crippen LogP contribution in [0.15, 0.2) is 48.5 Å². The van der Waals surface area contributed by atoms with Crippen LogP contribution < -0.4 is 10.1 Å². The number of nitrogens with one attached hydrogen (secondary N) is 1. The molecule has 28 heavy (non-hydrogen) atoms. The lowest BCUT2D eigenvalue weighted by Crippen LogP contribution is -2.12. The van der Waals surface area contributed by atoms with Crippen LogP contribution in [0.3, 0.4) is 0 Å². The molecular weight excluding hydrogens is 368 g/mol. The van der Waals surface area contributed by atoms with E-state index >= 15 is 0 Å². The first-order valence-corrected chi connectivity index (χ1v) is 10.4. The first-order valence-electron chi connectivity index (χ1n) is 9.61. The third kappa shape index (κ3) is 5.42. The number of carbonyl (C=O) groups is 1. The van der Waals surface area contributed by atoms with Gasteiger partial charge in [0.1, 0.15) is 5.75 Å². The van der Waals surface area contributed by atoms with Crippen LogP contribution in [0.5, 0.6) is 5.75 Å². The Labute approximate surface area is 170 Å². The largest absolute Gasteiger partial charge is 0.494 e. The fourth-order valence-corrected chi connectivity index (χ4v) is 3.71. The predicted octanol–water partition coefficient (Wildman–Crippen LogP) is 5.79. The second kappa shape index (κ2) is 9.51. The van der Waals surface area contributed by atoms with Crippen LogP contribution in [0.4, 0.5) is 5.13 Å². The maximum absolute atomic E-state index is 12.2. The molecule has 1 aromatic heterocycles. The summed E-state index contributed by atoms with van der Waals surface area (Å²) in [5.74, 6) is 0.810. The lowest BCUT2D eigenvalue weighted by Gasteiger charge is -2.06. The number of rotatable bonds is 8. The molecule has 1 amide bonds. The second-order valence-corrected chi connectivity index (χ2v) is 7.99. The highest BCUT2D eigenvalue weighted by Crippen LogP contribution is 2.30. The predicted molar refractivity (Wildman–Crippen MR) is 116 cm³/mol. The van der Waals surface area contributed by atoms with E-state index in [1.807, 2.05) is 19.1 Å². The van der Waals surface area contributed by atoms with Gasteiger partial charge >= 0.3 is 0 Å². The van der Waals surface area contributed by atoms with E-state index in [9.17, 15) is 4.79 Å². The SMILES string of the molecule is CCc1ccc(OCCCC(=O)Nc2nc(-c3ccc(C)cc3)c(C)s2)cc1. The smallest absolute Gasteiger partial charge is 0.226 e. The van der Waals surface area contributed by atoms with E-state index in [1.165, 1.54) is 22.5 Å². The third-order valence-corrected chi connectivity index (χ3v) is 5.40. The Morgan fingerprint density at radius 1 is 1.07 bits per heavy atom. The van der Waals surface area contributed by atoms with Gasteiger partial charge in [0.15, 0.2) is 5.13 Å². The Morgan fingerprint density at radius 3 is 2.46 bits per heavy atom. The Kier molecular flexibility index (Phi) is 6.82. The molecule has 0 saturated carbocycles. The van der Waals surface area contributed by atoms with Crippen molar-refractivity contribution in [3.63, 3.8) is 0 Å². The molecule has 0 aliphatic carbocycles. The van der Waals surface area contributed by atoms with E-state index in [4.69, 9.17) is 4.74 Å². The molecule has 3 aromatic rings. The Bertz CT molecular complexity index is 915. The summed E-state index contributed by atoms with van der Waals surface area (Å²) in [6.07, 6.45) is 2.09. The van der Waals surface area contributed by atoms with Crippen LogP contribution in [-0.2, 0) is 11.2 Å². The zero-order valence-electron chi connectivity index (χ0n) is 16.6. The Balaban J connectivity index is 1.47. The molecule has 146 valence electrons. The summed E-state index contributed by atoms with van der Waals surface area (Å²) in [7, 11) is 0. The molecule has 0 aliphatic heterocycles. The molecule has 0 radical (unpaired) electrons. The molecule has 5 heteroatoms. The quantitative estimate of drug-likeness (QED) is 0.492. The van der Waals surface area contributed by atoms with Gasteiger partial charge in [0.2, 0.25) is 5.91 Å². The summed E-state index contributed by atoms with van der Waals surface area (Å²) in [4.78, 5) is 17.9. The van der Waals surface area contributed by atoms with Gasteiger partial charge in [-0.3, -0.25) is 4.79 Å². The molecule has 2 aromatic carbocycles. The number of benzene rings is 2. The molecule has 0 fully saturated rings. The average Bonchev–Trinajstić information content (AvgIpc) is 3.06. The highest BCUT2D eigenvalue weighted by atomic mass is 32.1. The number of carbonyl (C=O) groups excluding carboxylic acids is 1. The summed E-state index contributed by atoms with van der Waals surface area (Å²) >= 11 is 1.51. The summed E-state index contributed by atoms with van der Waals surface area (Å²) < 4.78 is 5.70. The Morgan fingerprint density at radius 2 is 1.79 bits per heavy atom. The van der Waals surface area contributed by atoms with Gasteiger partial charge < -0.3 is 10.1 Å². The standard InChI is InChI=1S/C23H26N2O2S/c1-4-18-9-13-20(14-10-18)27-15-5-6-21(26)24-23-25-22(17(3)28-23)19-11-7-16(2)8-12-19/h7-14H,4-6,15H2,1-3H3,(H,24,25,26). The molecule has 0 atom stereocenters. The van der Waals surface area contributed by atoms with Crippen LogP contribution in [0.25, 0.3) is 11.3 Å². The van der Waals surface area contributed by atoms with E-state index in [0.29, 0.717) is 24.6 Å². The van der Waals surface area contributed by atoms with Crippen LogP contribution in [-0.4, -0.2) is 17.5 Å². The number of thiazole rings is 1. The highest BCUT2D eigenvalue weighted by molar-refractivity contribution is 7.16. The number of ether oxygens (including phenoxy) is 1. The zero-order chi connectivity index (χ0) is 19.9. The van der Waals surface area contributed by atoms with Gasteiger partial charge in [-0.15, -0.1) is 11.3 Å². The van der Waals surface area contributed by atoms with Gasteiger partial charge in [-0.1, -0.05) is 48.9 Å². The number of hydrogen-bond donors (Lipinski definition) is 1. The first kappa shape index (κ1) is 20.1. The molecule has 0 unspecified atom stereocenters. The third-order valence-electron chi connectivity index (χ3n) is 4.52. The molecule has 0 spiro atoms. The Hall–Kier alpha value is -2.66. The van der Waals surface area contributed by atoms with Gasteiger partial charge in [-0.05, 0) is 44.4 Å². The maximum atomic E-state index is 12.2.